The topological polar surface area (TPSA) is 140 Å². The summed E-state index contributed by atoms with van der Waals surface area (Å²) >= 11 is 0. The summed E-state index contributed by atoms with van der Waals surface area (Å²) in [6, 6.07) is 1.54. The molecule has 1 saturated heterocycles. The Morgan fingerprint density at radius 1 is 1.35 bits per heavy atom. The van der Waals surface area contributed by atoms with Gasteiger partial charge in [-0.3, -0.25) is 14.2 Å². The van der Waals surface area contributed by atoms with Crippen LogP contribution in [0.25, 0.3) is 5.82 Å². The van der Waals surface area contributed by atoms with Crippen molar-refractivity contribution in [1.82, 2.24) is 29.8 Å². The molecule has 0 aromatic carbocycles. The molecule has 0 amide bonds. The quantitative estimate of drug-likeness (QED) is 0.478. The molecule has 3 atom stereocenters. The summed E-state index contributed by atoms with van der Waals surface area (Å²) in [7, 11) is 0. The van der Waals surface area contributed by atoms with E-state index in [9.17, 15) is 14.4 Å². The van der Waals surface area contributed by atoms with E-state index in [-0.39, 0.29) is 18.8 Å². The van der Waals surface area contributed by atoms with Crippen molar-refractivity contribution in [2.24, 2.45) is 0 Å². The number of carbonyl (C=O) groups excluding carboxylic acids is 2. The van der Waals surface area contributed by atoms with Gasteiger partial charge < -0.3 is 14.2 Å². The monoisotopic (exact) mass is 366 g/mol. The molecule has 0 saturated carbocycles. The second-order valence-corrected chi connectivity index (χ2v) is 5.55. The standard InChI is InChI=1S/C14H16N6O6/c1-8(21)24-6-11-10(25-9(2)22)5-13(26-11)19-4-3-12(16-14(19)23)20-7-15-17-18-20/h3-4,7,10-11,13H,5-6H2,1-2H3/t10-,11+,13+/m0/s1/i10+1,11+1. The molecule has 0 radical (unpaired) electrons. The van der Waals surface area contributed by atoms with Crippen LogP contribution in [0, 0.1) is 0 Å². The number of hydrogen-bond donors (Lipinski definition) is 0. The lowest BCUT2D eigenvalue weighted by molar-refractivity contribution is -0.155. The van der Waals surface area contributed by atoms with E-state index in [0.29, 0.717) is 0 Å². The van der Waals surface area contributed by atoms with Gasteiger partial charge >= 0.3 is 17.6 Å². The van der Waals surface area contributed by atoms with E-state index in [4.69, 9.17) is 14.2 Å². The lowest BCUT2D eigenvalue weighted by Crippen LogP contribution is -2.31. The normalized spacial score (nSPS) is 22.2. The van der Waals surface area contributed by atoms with Gasteiger partial charge in [-0.15, -0.1) is 5.10 Å². The zero-order valence-corrected chi connectivity index (χ0v) is 14.0. The van der Waals surface area contributed by atoms with Gasteiger partial charge in [0, 0.05) is 26.5 Å². The maximum atomic E-state index is 12.3. The molecule has 3 heterocycles. The van der Waals surface area contributed by atoms with Gasteiger partial charge in [-0.25, -0.2) is 4.79 Å². The van der Waals surface area contributed by atoms with Gasteiger partial charge in [0.2, 0.25) is 0 Å². The predicted octanol–water partition coefficient (Wildman–Crippen LogP) is -0.999. The van der Waals surface area contributed by atoms with Gasteiger partial charge in [-0.2, -0.15) is 9.67 Å². The number of nitrogens with zero attached hydrogens (tertiary/aromatic N) is 6. The first-order valence-electron chi connectivity index (χ1n) is 7.72. The van der Waals surface area contributed by atoms with Crippen molar-refractivity contribution in [1.29, 1.82) is 0 Å². The van der Waals surface area contributed by atoms with Crippen LogP contribution in [0.2, 0.25) is 0 Å². The van der Waals surface area contributed by atoms with E-state index >= 15 is 0 Å². The minimum atomic E-state index is -0.720. The fourth-order valence-electron chi connectivity index (χ4n) is 2.57. The van der Waals surface area contributed by atoms with E-state index in [1.165, 1.54) is 35.6 Å². The maximum absolute atomic E-state index is 12.3. The Hall–Kier alpha value is -3.15. The molecule has 1 aliphatic heterocycles. The Labute approximate surface area is 146 Å². The van der Waals surface area contributed by atoms with Gasteiger partial charge in [-0.05, 0) is 16.5 Å². The van der Waals surface area contributed by atoms with Crippen LogP contribution in [0.4, 0.5) is 0 Å². The number of carbonyl (C=O) groups is 2. The summed E-state index contributed by atoms with van der Waals surface area (Å²) in [6.07, 6.45) is 0.960. The van der Waals surface area contributed by atoms with Gasteiger partial charge in [0.15, 0.2) is 5.82 Å². The van der Waals surface area contributed by atoms with E-state index in [1.807, 2.05) is 0 Å². The molecule has 0 unspecified atom stereocenters. The molecule has 1 fully saturated rings. The molecule has 0 aliphatic carbocycles. The lowest BCUT2D eigenvalue weighted by Gasteiger charge is -2.17. The maximum Gasteiger partial charge on any atom is 0.351 e. The highest BCUT2D eigenvalue weighted by Crippen LogP contribution is 2.30. The third-order valence-electron chi connectivity index (χ3n) is 3.66. The van der Waals surface area contributed by atoms with Gasteiger partial charge in [0.1, 0.15) is 31.4 Å². The van der Waals surface area contributed by atoms with E-state index in [1.54, 1.807) is 6.07 Å². The number of aromatic nitrogens is 6. The first kappa shape index (κ1) is 17.7. The van der Waals surface area contributed by atoms with Crippen molar-refractivity contribution in [2.45, 2.75) is 38.7 Å². The van der Waals surface area contributed by atoms with Crippen LogP contribution in [-0.2, 0) is 23.8 Å². The summed E-state index contributed by atoms with van der Waals surface area (Å²) in [4.78, 5) is 38.5. The molecule has 2 aromatic heterocycles. The second kappa shape index (κ2) is 7.39. The first-order valence-corrected chi connectivity index (χ1v) is 7.72. The van der Waals surface area contributed by atoms with Crippen molar-refractivity contribution >= 4 is 11.9 Å². The highest BCUT2D eigenvalue weighted by molar-refractivity contribution is 5.66. The van der Waals surface area contributed by atoms with Crippen LogP contribution < -0.4 is 5.69 Å². The number of esters is 2. The Kier molecular flexibility index (Phi) is 5.02. The molecule has 0 spiro atoms. The smallest absolute Gasteiger partial charge is 0.351 e. The number of ether oxygens (including phenoxy) is 3. The van der Waals surface area contributed by atoms with Gasteiger partial charge in [-0.1, -0.05) is 0 Å². The SMILES string of the molecule is CC(=O)OC[13C@H]1O[C@@H](n2ccc(-n3cnnn3)nc2=O)C[13C@@H]1OC(C)=O. The van der Waals surface area contributed by atoms with E-state index in [0.717, 1.165) is 0 Å². The summed E-state index contributed by atoms with van der Waals surface area (Å²) in [5, 5.41) is 10.6. The summed E-state index contributed by atoms with van der Waals surface area (Å²) in [6.45, 7) is 2.44. The molecule has 3 rings (SSSR count). The third-order valence-corrected chi connectivity index (χ3v) is 3.66. The highest BCUT2D eigenvalue weighted by Gasteiger charge is 2.39. The number of tetrazole rings is 1. The molecular formula is C14H16N6O6. The largest absolute Gasteiger partial charge is 0.463 e. The van der Waals surface area contributed by atoms with E-state index < -0.39 is 36.1 Å². The van der Waals surface area contributed by atoms with Gasteiger partial charge in [0.05, 0.1) is 0 Å². The first-order chi connectivity index (χ1) is 12.4. The molecule has 2 aromatic rings. The molecule has 1 aliphatic rings. The van der Waals surface area contributed by atoms with Crippen LogP contribution in [0.3, 0.4) is 0 Å². The minimum Gasteiger partial charge on any atom is -0.463 e. The molecule has 26 heavy (non-hydrogen) atoms. The molecule has 12 heteroatoms. The number of hydrogen-bond acceptors (Lipinski definition) is 10. The summed E-state index contributed by atoms with van der Waals surface area (Å²) in [5.41, 5.74) is -0.585. The van der Waals surface area contributed by atoms with Crippen molar-refractivity contribution in [2.75, 3.05) is 6.61 Å². The average Bonchev–Trinajstić information content (AvgIpc) is 3.22. The molecule has 0 N–H and O–H groups in total. The van der Waals surface area contributed by atoms with Crippen LogP contribution in [-0.4, -0.2) is 60.5 Å². The highest BCUT2D eigenvalue weighted by atomic mass is 16.7. The fraction of sp³-hybridized carbons (Fsp3) is 0.500. The van der Waals surface area contributed by atoms with Crippen LogP contribution >= 0.6 is 0 Å². The van der Waals surface area contributed by atoms with Crippen molar-refractivity contribution < 1.29 is 23.8 Å². The number of rotatable bonds is 5. The molecule has 12 nitrogen and oxygen atoms in total. The zero-order valence-electron chi connectivity index (χ0n) is 14.0. The van der Waals surface area contributed by atoms with Crippen LogP contribution in [0.5, 0.6) is 0 Å². The Bertz CT molecular complexity index is 850. The Balaban J connectivity index is 1.79. The second-order valence-electron chi connectivity index (χ2n) is 5.55. The third kappa shape index (κ3) is 3.91. The van der Waals surface area contributed by atoms with Crippen molar-refractivity contribution in [3.63, 3.8) is 0 Å². The van der Waals surface area contributed by atoms with Gasteiger partial charge in [0.25, 0.3) is 0 Å². The van der Waals surface area contributed by atoms with Crippen LogP contribution in [0.15, 0.2) is 23.4 Å². The van der Waals surface area contributed by atoms with Crippen LogP contribution in [0.1, 0.15) is 26.5 Å². The minimum absolute atomic E-state index is 0.0886. The van der Waals surface area contributed by atoms with E-state index in [2.05, 4.69) is 20.5 Å². The fourth-order valence-corrected chi connectivity index (χ4v) is 2.57. The van der Waals surface area contributed by atoms with Crippen molar-refractivity contribution in [3.8, 4) is 5.82 Å². The predicted molar refractivity (Wildman–Crippen MR) is 81.9 cm³/mol. The average molecular weight is 366 g/mol. The zero-order chi connectivity index (χ0) is 18.7. The molecule has 0 bridgehead atoms. The molecular weight excluding hydrogens is 350 g/mol. The molecule has 138 valence electrons. The lowest BCUT2D eigenvalue weighted by atomic mass is 10.4. The Morgan fingerprint density at radius 3 is 2.77 bits per heavy atom. The summed E-state index contributed by atoms with van der Waals surface area (Å²) < 4.78 is 18.4. The Morgan fingerprint density at radius 2 is 2.15 bits per heavy atom. The van der Waals surface area contributed by atoms with Crippen molar-refractivity contribution in [3.05, 3.63) is 29.1 Å². The summed E-state index contributed by atoms with van der Waals surface area (Å²) in [5.74, 6) is -0.725.